The molecule has 1 fully saturated rings. The van der Waals surface area contributed by atoms with E-state index in [1.165, 1.54) is 0 Å². The van der Waals surface area contributed by atoms with Gasteiger partial charge in [-0.05, 0) is 44.5 Å². The minimum Gasteiger partial charge on any atom is -0.484 e. The summed E-state index contributed by atoms with van der Waals surface area (Å²) in [5.41, 5.74) is 0. The first-order valence-electron chi connectivity index (χ1n) is 8.14. The summed E-state index contributed by atoms with van der Waals surface area (Å²) in [5, 5.41) is 9.81. The maximum absolute atomic E-state index is 12.4. The van der Waals surface area contributed by atoms with Gasteiger partial charge in [-0.15, -0.1) is 0 Å². The van der Waals surface area contributed by atoms with Crippen LogP contribution in [0.3, 0.4) is 0 Å². The highest BCUT2D eigenvalue weighted by Gasteiger charge is 2.24. The maximum atomic E-state index is 12.4. The van der Waals surface area contributed by atoms with Crippen LogP contribution in [0.2, 0.25) is 10.0 Å². The Morgan fingerprint density at radius 2 is 1.92 bits per heavy atom. The van der Waals surface area contributed by atoms with Gasteiger partial charge < -0.3 is 14.7 Å². The second kappa shape index (κ2) is 9.27. The average Bonchev–Trinajstić information content (AvgIpc) is 2.77. The SMILES string of the molecule is CN(CC(=O)O)C1CCCN(C(=O)COc2cc(Cl)cc(Cl)c2)CC1. The number of hydrogen-bond donors (Lipinski definition) is 1. The van der Waals surface area contributed by atoms with E-state index in [2.05, 4.69) is 0 Å². The Kier molecular flexibility index (Phi) is 7.35. The third-order valence-corrected chi connectivity index (χ3v) is 4.69. The molecule has 0 aromatic heterocycles. The van der Waals surface area contributed by atoms with Crippen LogP contribution >= 0.6 is 23.2 Å². The summed E-state index contributed by atoms with van der Waals surface area (Å²) < 4.78 is 5.50. The Bertz CT molecular complexity index is 606. The van der Waals surface area contributed by atoms with Crippen molar-refractivity contribution in [1.29, 1.82) is 0 Å². The molecule has 1 atom stereocenters. The van der Waals surface area contributed by atoms with Crippen LogP contribution in [0.5, 0.6) is 5.75 Å². The van der Waals surface area contributed by atoms with E-state index >= 15 is 0 Å². The van der Waals surface area contributed by atoms with Crippen LogP contribution in [0.1, 0.15) is 19.3 Å². The predicted molar refractivity (Wildman–Crippen MR) is 96.4 cm³/mol. The number of likely N-dealkylation sites (tertiary alicyclic amines) is 1. The molecular formula is C17H22Cl2N2O4. The third kappa shape index (κ3) is 6.38. The van der Waals surface area contributed by atoms with Crippen LogP contribution in [0.15, 0.2) is 18.2 Å². The molecular weight excluding hydrogens is 367 g/mol. The van der Waals surface area contributed by atoms with Crippen molar-refractivity contribution in [2.45, 2.75) is 25.3 Å². The molecule has 1 aromatic rings. The van der Waals surface area contributed by atoms with Gasteiger partial charge in [0, 0.05) is 29.2 Å². The van der Waals surface area contributed by atoms with Gasteiger partial charge in [-0.3, -0.25) is 14.5 Å². The number of carbonyl (C=O) groups excluding carboxylic acids is 1. The molecule has 1 heterocycles. The van der Waals surface area contributed by atoms with Crippen molar-refractivity contribution < 1.29 is 19.4 Å². The summed E-state index contributed by atoms with van der Waals surface area (Å²) in [6.45, 7) is 1.17. The standard InChI is InChI=1S/C17H22Cl2N2O4/c1-20(10-17(23)24)14-3-2-5-21(6-4-14)16(22)11-25-15-8-12(18)7-13(19)9-15/h7-9,14H,2-6,10-11H2,1H3,(H,23,24). The Hall–Kier alpha value is -1.50. The number of benzene rings is 1. The number of likely N-dealkylation sites (N-methyl/N-ethyl adjacent to an activating group) is 1. The molecule has 138 valence electrons. The van der Waals surface area contributed by atoms with E-state index in [9.17, 15) is 9.59 Å². The molecule has 1 aromatic carbocycles. The van der Waals surface area contributed by atoms with Crippen LogP contribution in [0, 0.1) is 0 Å². The zero-order valence-electron chi connectivity index (χ0n) is 14.1. The lowest BCUT2D eigenvalue weighted by atomic mass is 10.1. The number of amides is 1. The number of halogens is 2. The Morgan fingerprint density at radius 3 is 2.56 bits per heavy atom. The molecule has 1 unspecified atom stereocenters. The number of carbonyl (C=O) groups is 2. The molecule has 6 nitrogen and oxygen atoms in total. The summed E-state index contributed by atoms with van der Waals surface area (Å²) >= 11 is 11.8. The van der Waals surface area contributed by atoms with E-state index in [4.69, 9.17) is 33.0 Å². The number of carboxylic acids is 1. The van der Waals surface area contributed by atoms with Crippen molar-refractivity contribution in [1.82, 2.24) is 9.80 Å². The van der Waals surface area contributed by atoms with Crippen molar-refractivity contribution >= 4 is 35.1 Å². The maximum Gasteiger partial charge on any atom is 0.317 e. The first-order valence-corrected chi connectivity index (χ1v) is 8.89. The van der Waals surface area contributed by atoms with Crippen LogP contribution in [-0.2, 0) is 9.59 Å². The Balaban J connectivity index is 1.85. The number of nitrogens with zero attached hydrogens (tertiary/aromatic N) is 2. The highest BCUT2D eigenvalue weighted by atomic mass is 35.5. The quantitative estimate of drug-likeness (QED) is 0.810. The lowest BCUT2D eigenvalue weighted by Gasteiger charge is -2.25. The highest BCUT2D eigenvalue weighted by Crippen LogP contribution is 2.24. The number of aliphatic carboxylic acids is 1. The minimum absolute atomic E-state index is 0.0112. The van der Waals surface area contributed by atoms with Gasteiger partial charge in [0.15, 0.2) is 6.61 Å². The first kappa shape index (κ1) is 19.8. The molecule has 1 aliphatic heterocycles. The molecule has 1 saturated heterocycles. The van der Waals surface area contributed by atoms with Crippen LogP contribution in [0.4, 0.5) is 0 Å². The van der Waals surface area contributed by atoms with E-state index in [1.54, 1.807) is 23.1 Å². The van der Waals surface area contributed by atoms with Gasteiger partial charge in [0.1, 0.15) is 5.75 Å². The van der Waals surface area contributed by atoms with Gasteiger partial charge in [0.2, 0.25) is 0 Å². The second-order valence-electron chi connectivity index (χ2n) is 6.17. The van der Waals surface area contributed by atoms with Gasteiger partial charge in [0.05, 0.1) is 6.54 Å². The molecule has 0 bridgehead atoms. The number of rotatable bonds is 6. The van der Waals surface area contributed by atoms with Gasteiger partial charge in [-0.2, -0.15) is 0 Å². The van der Waals surface area contributed by atoms with E-state index in [-0.39, 0.29) is 25.1 Å². The summed E-state index contributed by atoms with van der Waals surface area (Å²) in [4.78, 5) is 26.8. The molecule has 2 rings (SSSR count). The Labute approximate surface area is 157 Å². The second-order valence-corrected chi connectivity index (χ2v) is 7.04. The van der Waals surface area contributed by atoms with E-state index in [0.29, 0.717) is 28.9 Å². The minimum atomic E-state index is -0.840. The molecule has 0 saturated carbocycles. The highest BCUT2D eigenvalue weighted by molar-refractivity contribution is 6.34. The van der Waals surface area contributed by atoms with Gasteiger partial charge in [-0.25, -0.2) is 0 Å². The predicted octanol–water partition coefficient (Wildman–Crippen LogP) is 2.77. The average molecular weight is 389 g/mol. The van der Waals surface area contributed by atoms with E-state index < -0.39 is 5.97 Å². The zero-order valence-corrected chi connectivity index (χ0v) is 15.6. The van der Waals surface area contributed by atoms with Crippen molar-refractivity contribution in [3.63, 3.8) is 0 Å². The van der Waals surface area contributed by atoms with Gasteiger partial charge in [-0.1, -0.05) is 23.2 Å². The third-order valence-electron chi connectivity index (χ3n) is 4.26. The molecule has 1 aliphatic rings. The number of carboxylic acid groups (broad SMARTS) is 1. The number of ether oxygens (including phenoxy) is 1. The summed E-state index contributed by atoms with van der Waals surface area (Å²) in [6, 6.07) is 4.99. The summed E-state index contributed by atoms with van der Waals surface area (Å²) in [5.74, 6) is -0.481. The topological polar surface area (TPSA) is 70.1 Å². The van der Waals surface area contributed by atoms with Crippen LogP contribution in [0.25, 0.3) is 0 Å². The molecule has 0 spiro atoms. The van der Waals surface area contributed by atoms with Crippen molar-refractivity contribution in [3.8, 4) is 5.75 Å². The first-order chi connectivity index (χ1) is 11.8. The molecule has 0 aliphatic carbocycles. The summed E-state index contributed by atoms with van der Waals surface area (Å²) in [6.07, 6.45) is 2.46. The van der Waals surface area contributed by atoms with E-state index in [1.807, 2.05) is 11.9 Å². The number of hydrogen-bond acceptors (Lipinski definition) is 4. The molecule has 8 heteroatoms. The molecule has 25 heavy (non-hydrogen) atoms. The van der Waals surface area contributed by atoms with Gasteiger partial charge in [0.25, 0.3) is 5.91 Å². The normalized spacial score (nSPS) is 18.1. The molecule has 1 amide bonds. The lowest BCUT2D eigenvalue weighted by Crippen LogP contribution is -2.38. The van der Waals surface area contributed by atoms with Crippen molar-refractivity contribution in [3.05, 3.63) is 28.2 Å². The fraction of sp³-hybridized carbons (Fsp3) is 0.529. The smallest absolute Gasteiger partial charge is 0.317 e. The fourth-order valence-electron chi connectivity index (χ4n) is 2.96. The van der Waals surface area contributed by atoms with E-state index in [0.717, 1.165) is 19.3 Å². The largest absolute Gasteiger partial charge is 0.484 e. The lowest BCUT2D eigenvalue weighted by molar-refractivity contribution is -0.138. The monoisotopic (exact) mass is 388 g/mol. The Morgan fingerprint density at radius 1 is 1.24 bits per heavy atom. The van der Waals surface area contributed by atoms with Crippen molar-refractivity contribution in [2.24, 2.45) is 0 Å². The fourth-order valence-corrected chi connectivity index (χ4v) is 3.47. The van der Waals surface area contributed by atoms with Crippen LogP contribution in [-0.4, -0.2) is 66.1 Å². The summed E-state index contributed by atoms with van der Waals surface area (Å²) in [7, 11) is 1.81. The molecule has 1 N–H and O–H groups in total. The van der Waals surface area contributed by atoms with Gasteiger partial charge >= 0.3 is 5.97 Å². The van der Waals surface area contributed by atoms with Crippen molar-refractivity contribution in [2.75, 3.05) is 33.3 Å². The molecule has 0 radical (unpaired) electrons. The van der Waals surface area contributed by atoms with Crippen LogP contribution < -0.4 is 4.74 Å². The zero-order chi connectivity index (χ0) is 18.4.